The van der Waals surface area contributed by atoms with Crippen molar-refractivity contribution in [2.24, 2.45) is 5.92 Å². The minimum atomic E-state index is -0.814. The van der Waals surface area contributed by atoms with Gasteiger partial charge in [-0.15, -0.1) is 0 Å². The van der Waals surface area contributed by atoms with Crippen LogP contribution in [0.5, 0.6) is 0 Å². The van der Waals surface area contributed by atoms with Crippen molar-refractivity contribution in [1.82, 2.24) is 0 Å². The Morgan fingerprint density at radius 2 is 2.06 bits per heavy atom. The number of rotatable bonds is 5. The molecule has 0 amide bonds. The van der Waals surface area contributed by atoms with E-state index in [0.717, 1.165) is 5.56 Å². The number of esters is 1. The van der Waals surface area contributed by atoms with Crippen LogP contribution in [0.3, 0.4) is 0 Å². The average molecular weight is 224 g/mol. The lowest BCUT2D eigenvalue weighted by atomic mass is 10.0. The second kappa shape index (κ2) is 6.00. The maximum absolute atomic E-state index is 12.6. The van der Waals surface area contributed by atoms with Gasteiger partial charge in [-0.05, 0) is 31.0 Å². The van der Waals surface area contributed by atoms with Crippen molar-refractivity contribution in [2.75, 3.05) is 6.61 Å². The van der Waals surface area contributed by atoms with Crippen molar-refractivity contribution in [3.8, 4) is 0 Å². The summed E-state index contributed by atoms with van der Waals surface area (Å²) in [6.07, 6.45) is 0.796. The van der Waals surface area contributed by atoms with Gasteiger partial charge in [0.25, 0.3) is 0 Å². The van der Waals surface area contributed by atoms with Crippen LogP contribution in [0.2, 0.25) is 0 Å². The molecule has 0 saturated carbocycles. The van der Waals surface area contributed by atoms with Gasteiger partial charge in [0, 0.05) is 0 Å². The molecule has 0 aromatic heterocycles. The summed E-state index contributed by atoms with van der Waals surface area (Å²) in [5.74, 6) is -1.70. The maximum atomic E-state index is 12.6. The molecule has 0 aliphatic rings. The Balaban J connectivity index is 2.66. The Bertz CT molecular complexity index is 359. The van der Waals surface area contributed by atoms with Crippen molar-refractivity contribution in [3.05, 3.63) is 35.6 Å². The van der Waals surface area contributed by atoms with Crippen LogP contribution in [0.1, 0.15) is 12.5 Å². The summed E-state index contributed by atoms with van der Waals surface area (Å²) >= 11 is 0. The SMILES string of the molecule is CCOC(=O)C(C=O)Cc1ccc(F)cc1. The smallest absolute Gasteiger partial charge is 0.316 e. The summed E-state index contributed by atoms with van der Waals surface area (Å²) < 4.78 is 17.4. The number of ether oxygens (including phenoxy) is 1. The van der Waals surface area contributed by atoms with Crippen molar-refractivity contribution < 1.29 is 18.7 Å². The molecule has 0 fully saturated rings. The number of halogens is 1. The molecule has 0 heterocycles. The predicted molar refractivity (Wildman–Crippen MR) is 56.3 cm³/mol. The molecule has 16 heavy (non-hydrogen) atoms. The first-order valence-electron chi connectivity index (χ1n) is 5.03. The fraction of sp³-hybridized carbons (Fsp3) is 0.333. The summed E-state index contributed by atoms with van der Waals surface area (Å²) in [4.78, 5) is 22.0. The molecule has 1 rings (SSSR count). The molecular weight excluding hydrogens is 211 g/mol. The van der Waals surface area contributed by atoms with Gasteiger partial charge < -0.3 is 9.53 Å². The van der Waals surface area contributed by atoms with Crippen LogP contribution >= 0.6 is 0 Å². The van der Waals surface area contributed by atoms with E-state index in [1.165, 1.54) is 12.1 Å². The first-order chi connectivity index (χ1) is 7.67. The summed E-state index contributed by atoms with van der Waals surface area (Å²) in [5, 5.41) is 0. The van der Waals surface area contributed by atoms with Gasteiger partial charge in [0.05, 0.1) is 6.61 Å². The van der Waals surface area contributed by atoms with Gasteiger partial charge in [0.1, 0.15) is 18.0 Å². The lowest BCUT2D eigenvalue weighted by molar-refractivity contribution is -0.149. The molecular formula is C12H13FO3. The highest BCUT2D eigenvalue weighted by Gasteiger charge is 2.19. The van der Waals surface area contributed by atoms with E-state index in [1.54, 1.807) is 19.1 Å². The number of aldehydes is 1. The molecule has 0 spiro atoms. The molecule has 0 bridgehead atoms. The average Bonchev–Trinajstić information content (AvgIpc) is 2.28. The van der Waals surface area contributed by atoms with E-state index in [2.05, 4.69) is 0 Å². The standard InChI is InChI=1S/C12H13FO3/c1-2-16-12(15)10(8-14)7-9-3-5-11(13)6-4-9/h3-6,8,10H,2,7H2,1H3. The highest BCUT2D eigenvalue weighted by Crippen LogP contribution is 2.10. The van der Waals surface area contributed by atoms with Crippen LogP contribution in [0, 0.1) is 11.7 Å². The third kappa shape index (κ3) is 3.46. The lowest BCUT2D eigenvalue weighted by Gasteiger charge is -2.09. The second-order valence-corrected chi connectivity index (χ2v) is 3.33. The Hall–Kier alpha value is -1.71. The van der Waals surface area contributed by atoms with Crippen LogP contribution < -0.4 is 0 Å². The fourth-order valence-electron chi connectivity index (χ4n) is 1.31. The topological polar surface area (TPSA) is 43.4 Å². The molecule has 0 saturated heterocycles. The van der Waals surface area contributed by atoms with Gasteiger partial charge in [-0.3, -0.25) is 4.79 Å². The molecule has 3 nitrogen and oxygen atoms in total. The summed E-state index contributed by atoms with van der Waals surface area (Å²) in [5.41, 5.74) is 0.728. The third-order valence-electron chi connectivity index (χ3n) is 2.12. The van der Waals surface area contributed by atoms with Gasteiger partial charge in [0.2, 0.25) is 0 Å². The Morgan fingerprint density at radius 3 is 2.56 bits per heavy atom. The summed E-state index contributed by atoms with van der Waals surface area (Å²) in [7, 11) is 0. The Kier molecular flexibility index (Phi) is 4.64. The zero-order valence-electron chi connectivity index (χ0n) is 8.98. The van der Waals surface area contributed by atoms with Crippen molar-refractivity contribution in [2.45, 2.75) is 13.3 Å². The van der Waals surface area contributed by atoms with Crippen LogP contribution in [0.4, 0.5) is 4.39 Å². The second-order valence-electron chi connectivity index (χ2n) is 3.33. The molecule has 1 atom stereocenters. The minimum absolute atomic E-state index is 0.239. The Morgan fingerprint density at radius 1 is 1.44 bits per heavy atom. The maximum Gasteiger partial charge on any atom is 0.316 e. The van der Waals surface area contributed by atoms with Gasteiger partial charge >= 0.3 is 5.97 Å². The van der Waals surface area contributed by atoms with E-state index in [1.807, 2.05) is 0 Å². The number of hydrogen-bond acceptors (Lipinski definition) is 3. The van der Waals surface area contributed by atoms with Crippen LogP contribution in [0.25, 0.3) is 0 Å². The van der Waals surface area contributed by atoms with Crippen LogP contribution in [-0.4, -0.2) is 18.9 Å². The molecule has 0 aliphatic carbocycles. The van der Waals surface area contributed by atoms with Crippen LogP contribution in [0.15, 0.2) is 24.3 Å². The number of carbonyl (C=O) groups is 2. The largest absolute Gasteiger partial charge is 0.465 e. The number of hydrogen-bond donors (Lipinski definition) is 0. The van der Waals surface area contributed by atoms with Gasteiger partial charge in [0.15, 0.2) is 0 Å². The van der Waals surface area contributed by atoms with Crippen LogP contribution in [-0.2, 0) is 20.7 Å². The molecule has 0 radical (unpaired) electrons. The van der Waals surface area contributed by atoms with E-state index >= 15 is 0 Å². The van der Waals surface area contributed by atoms with Crippen molar-refractivity contribution in [1.29, 1.82) is 0 Å². The highest BCUT2D eigenvalue weighted by atomic mass is 19.1. The van der Waals surface area contributed by atoms with Crippen molar-refractivity contribution in [3.63, 3.8) is 0 Å². The molecule has 0 N–H and O–H groups in total. The van der Waals surface area contributed by atoms with Gasteiger partial charge in [-0.2, -0.15) is 0 Å². The molecule has 1 unspecified atom stereocenters. The van der Waals surface area contributed by atoms with Crippen molar-refractivity contribution >= 4 is 12.3 Å². The highest BCUT2D eigenvalue weighted by molar-refractivity contribution is 5.88. The van der Waals surface area contributed by atoms with E-state index < -0.39 is 11.9 Å². The first kappa shape index (κ1) is 12.4. The van der Waals surface area contributed by atoms with Gasteiger partial charge in [-0.1, -0.05) is 12.1 Å². The predicted octanol–water partition coefficient (Wildman–Crippen LogP) is 1.75. The van der Waals surface area contributed by atoms with E-state index in [9.17, 15) is 14.0 Å². The number of carbonyl (C=O) groups excluding carboxylic acids is 2. The fourth-order valence-corrected chi connectivity index (χ4v) is 1.31. The molecule has 0 aliphatic heterocycles. The molecule has 1 aromatic rings. The quantitative estimate of drug-likeness (QED) is 0.434. The van der Waals surface area contributed by atoms with E-state index in [-0.39, 0.29) is 18.8 Å². The molecule has 86 valence electrons. The molecule has 1 aromatic carbocycles. The number of benzene rings is 1. The summed E-state index contributed by atoms with van der Waals surface area (Å²) in [6, 6.07) is 5.68. The molecule has 4 heteroatoms. The lowest BCUT2D eigenvalue weighted by Crippen LogP contribution is -2.21. The first-order valence-corrected chi connectivity index (χ1v) is 5.03. The summed E-state index contributed by atoms with van der Waals surface area (Å²) in [6.45, 7) is 1.92. The van der Waals surface area contributed by atoms with E-state index in [4.69, 9.17) is 4.74 Å². The third-order valence-corrected chi connectivity index (χ3v) is 2.12. The minimum Gasteiger partial charge on any atom is -0.465 e. The van der Waals surface area contributed by atoms with E-state index in [0.29, 0.717) is 6.29 Å². The van der Waals surface area contributed by atoms with Gasteiger partial charge in [-0.25, -0.2) is 4.39 Å². The normalized spacial score (nSPS) is 11.9. The monoisotopic (exact) mass is 224 g/mol. The zero-order chi connectivity index (χ0) is 12.0. The Labute approximate surface area is 93.2 Å². The zero-order valence-corrected chi connectivity index (χ0v) is 8.98.